The minimum atomic E-state index is -4.17. The van der Waals surface area contributed by atoms with E-state index in [9.17, 15) is 22.0 Å². The third-order valence-electron chi connectivity index (χ3n) is 2.01. The number of nitrogens with two attached hydrogens (primary N) is 1. The third kappa shape index (κ3) is 4.78. The molecule has 1 amide bonds. The van der Waals surface area contributed by atoms with Crippen LogP contribution in [0.15, 0.2) is 21.5 Å². The summed E-state index contributed by atoms with van der Waals surface area (Å²) < 4.78 is 56.6. The quantitative estimate of drug-likeness (QED) is 0.681. The lowest BCUT2D eigenvalue weighted by atomic mass is 10.3. The number of halogens is 3. The predicted molar refractivity (Wildman–Crippen MR) is 69.3 cm³/mol. The molecule has 0 unspecified atom stereocenters. The first-order valence-electron chi connectivity index (χ1n) is 5.24. The summed E-state index contributed by atoms with van der Waals surface area (Å²) in [6.45, 7) is -0.669. The van der Waals surface area contributed by atoms with Crippen LogP contribution in [0.25, 0.3) is 0 Å². The van der Waals surface area contributed by atoms with E-state index in [-0.39, 0.29) is 24.2 Å². The van der Waals surface area contributed by atoms with Crippen molar-refractivity contribution in [1.82, 2.24) is 4.72 Å². The summed E-state index contributed by atoms with van der Waals surface area (Å²) in [5.74, 6) is -2.82. The van der Waals surface area contributed by atoms with E-state index in [2.05, 4.69) is 20.7 Å². The minimum absolute atomic E-state index is 0.122. The van der Waals surface area contributed by atoms with Crippen molar-refractivity contribution in [3.8, 4) is 0 Å². The van der Waals surface area contributed by atoms with E-state index >= 15 is 0 Å². The number of rotatable bonds is 7. The fourth-order valence-corrected chi connectivity index (χ4v) is 3.45. The molecule has 0 radical (unpaired) electrons. The molecule has 0 spiro atoms. The van der Waals surface area contributed by atoms with E-state index in [1.54, 1.807) is 0 Å². The molecule has 0 bridgehead atoms. The summed E-state index contributed by atoms with van der Waals surface area (Å²) >= 11 is 2.78. The molecular weight excluding hydrogens is 362 g/mol. The largest absolute Gasteiger partial charge is 0.370 e. The Hall–Kier alpha value is -1.10. The first-order chi connectivity index (χ1) is 9.24. The van der Waals surface area contributed by atoms with Gasteiger partial charge in [0.1, 0.15) is 23.1 Å². The number of benzene rings is 1. The van der Waals surface area contributed by atoms with Crippen molar-refractivity contribution in [3.05, 3.63) is 28.2 Å². The Morgan fingerprint density at radius 3 is 2.60 bits per heavy atom. The van der Waals surface area contributed by atoms with Crippen LogP contribution in [-0.2, 0) is 19.6 Å². The molecule has 0 atom stereocenters. The number of carbonyl (C=O) groups is 1. The number of hydrogen-bond acceptors (Lipinski definition) is 4. The maximum Gasteiger partial charge on any atom is 0.244 e. The SMILES string of the molecule is NC(=O)COCCNS(=O)(=O)c1c(F)cc(F)cc1Br. The topological polar surface area (TPSA) is 98.5 Å². The highest BCUT2D eigenvalue weighted by molar-refractivity contribution is 9.10. The smallest absolute Gasteiger partial charge is 0.244 e. The van der Waals surface area contributed by atoms with Gasteiger partial charge in [0.05, 0.1) is 6.61 Å². The molecule has 0 heterocycles. The molecule has 0 aliphatic rings. The zero-order chi connectivity index (χ0) is 15.3. The molecule has 10 heteroatoms. The van der Waals surface area contributed by atoms with Crippen molar-refractivity contribution < 1.29 is 26.7 Å². The van der Waals surface area contributed by atoms with Crippen molar-refractivity contribution in [2.75, 3.05) is 19.8 Å². The van der Waals surface area contributed by atoms with Gasteiger partial charge in [0.15, 0.2) is 0 Å². The Morgan fingerprint density at radius 1 is 1.40 bits per heavy atom. The van der Waals surface area contributed by atoms with Crippen LogP contribution in [0.2, 0.25) is 0 Å². The van der Waals surface area contributed by atoms with Gasteiger partial charge in [-0.15, -0.1) is 0 Å². The zero-order valence-electron chi connectivity index (χ0n) is 10.0. The highest BCUT2D eigenvalue weighted by Crippen LogP contribution is 2.25. The summed E-state index contributed by atoms with van der Waals surface area (Å²) in [4.78, 5) is 9.67. The molecule has 0 aliphatic heterocycles. The van der Waals surface area contributed by atoms with Crippen LogP contribution < -0.4 is 10.5 Å². The van der Waals surface area contributed by atoms with Gasteiger partial charge in [0.2, 0.25) is 15.9 Å². The first kappa shape index (κ1) is 17.0. The second-order valence-electron chi connectivity index (χ2n) is 3.62. The predicted octanol–water partition coefficient (Wildman–Crippen LogP) is 0.507. The Balaban J connectivity index is 2.73. The maximum absolute atomic E-state index is 13.5. The van der Waals surface area contributed by atoms with E-state index in [4.69, 9.17) is 10.5 Å². The van der Waals surface area contributed by atoms with Crippen LogP contribution in [0.3, 0.4) is 0 Å². The van der Waals surface area contributed by atoms with Gasteiger partial charge in [-0.2, -0.15) is 0 Å². The molecule has 1 aromatic carbocycles. The molecular formula is C10H11BrF2N2O4S. The lowest BCUT2D eigenvalue weighted by molar-refractivity contribution is -0.122. The lowest BCUT2D eigenvalue weighted by Crippen LogP contribution is -2.29. The molecule has 0 fully saturated rings. The number of hydrogen-bond donors (Lipinski definition) is 2. The normalized spacial score (nSPS) is 11.6. The van der Waals surface area contributed by atoms with Crippen LogP contribution in [0.1, 0.15) is 0 Å². The average molecular weight is 373 g/mol. The van der Waals surface area contributed by atoms with Gasteiger partial charge in [-0.1, -0.05) is 0 Å². The van der Waals surface area contributed by atoms with Gasteiger partial charge in [-0.3, -0.25) is 4.79 Å². The number of sulfonamides is 1. The van der Waals surface area contributed by atoms with Crippen LogP contribution in [-0.4, -0.2) is 34.1 Å². The Bertz CT molecular complexity index is 586. The summed E-state index contributed by atoms with van der Waals surface area (Å²) in [6.07, 6.45) is 0. The Labute approximate surface area is 122 Å². The molecule has 3 N–H and O–H groups in total. The molecule has 112 valence electrons. The molecule has 6 nitrogen and oxygen atoms in total. The van der Waals surface area contributed by atoms with Crippen molar-refractivity contribution in [1.29, 1.82) is 0 Å². The molecule has 0 saturated heterocycles. The average Bonchev–Trinajstić information content (AvgIpc) is 2.25. The highest BCUT2D eigenvalue weighted by atomic mass is 79.9. The van der Waals surface area contributed by atoms with Gasteiger partial charge in [0.25, 0.3) is 0 Å². The van der Waals surface area contributed by atoms with E-state index in [1.165, 1.54) is 0 Å². The van der Waals surface area contributed by atoms with Gasteiger partial charge >= 0.3 is 0 Å². The van der Waals surface area contributed by atoms with Crippen molar-refractivity contribution >= 4 is 31.9 Å². The number of nitrogens with one attached hydrogen (secondary N) is 1. The highest BCUT2D eigenvalue weighted by Gasteiger charge is 2.23. The van der Waals surface area contributed by atoms with E-state index in [0.29, 0.717) is 6.07 Å². The summed E-state index contributed by atoms with van der Waals surface area (Å²) in [5, 5.41) is 0. The molecule has 1 aromatic rings. The third-order valence-corrected chi connectivity index (χ3v) is 4.44. The summed E-state index contributed by atoms with van der Waals surface area (Å²) in [7, 11) is -4.17. The van der Waals surface area contributed by atoms with Gasteiger partial charge in [0, 0.05) is 17.1 Å². The Kier molecular flexibility index (Phi) is 5.99. The molecule has 0 saturated carbocycles. The summed E-state index contributed by atoms with van der Waals surface area (Å²) in [5.41, 5.74) is 4.81. The van der Waals surface area contributed by atoms with Crippen LogP contribution >= 0.6 is 15.9 Å². The van der Waals surface area contributed by atoms with Crippen molar-refractivity contribution in [3.63, 3.8) is 0 Å². The van der Waals surface area contributed by atoms with Gasteiger partial charge in [-0.25, -0.2) is 21.9 Å². The number of carbonyl (C=O) groups excluding carboxylic acids is 1. The van der Waals surface area contributed by atoms with E-state index < -0.39 is 32.5 Å². The lowest BCUT2D eigenvalue weighted by Gasteiger charge is -2.09. The van der Waals surface area contributed by atoms with Crippen LogP contribution in [0.5, 0.6) is 0 Å². The maximum atomic E-state index is 13.5. The van der Waals surface area contributed by atoms with Crippen LogP contribution in [0.4, 0.5) is 8.78 Å². The zero-order valence-corrected chi connectivity index (χ0v) is 12.4. The van der Waals surface area contributed by atoms with Crippen LogP contribution in [0, 0.1) is 11.6 Å². The van der Waals surface area contributed by atoms with E-state index in [0.717, 1.165) is 6.07 Å². The molecule has 1 rings (SSSR count). The van der Waals surface area contributed by atoms with Crippen molar-refractivity contribution in [2.24, 2.45) is 5.73 Å². The summed E-state index contributed by atoms with van der Waals surface area (Å²) in [6, 6.07) is 1.30. The number of ether oxygens (including phenoxy) is 1. The fourth-order valence-electron chi connectivity index (χ4n) is 1.28. The second-order valence-corrected chi connectivity index (χ2v) is 6.17. The van der Waals surface area contributed by atoms with Crippen molar-refractivity contribution in [2.45, 2.75) is 4.90 Å². The monoisotopic (exact) mass is 372 g/mol. The number of primary amides is 1. The first-order valence-corrected chi connectivity index (χ1v) is 7.52. The fraction of sp³-hybridized carbons (Fsp3) is 0.300. The van der Waals surface area contributed by atoms with Gasteiger partial charge in [-0.05, 0) is 22.0 Å². The minimum Gasteiger partial charge on any atom is -0.370 e. The van der Waals surface area contributed by atoms with Gasteiger partial charge < -0.3 is 10.5 Å². The van der Waals surface area contributed by atoms with E-state index in [1.807, 2.05) is 0 Å². The molecule has 0 aromatic heterocycles. The molecule has 20 heavy (non-hydrogen) atoms. The Morgan fingerprint density at radius 2 is 2.05 bits per heavy atom. The standard InChI is InChI=1S/C10H11BrF2N2O4S/c11-7-3-6(12)4-8(13)10(7)20(17,18)15-1-2-19-5-9(14)16/h3-4,15H,1-2,5H2,(H2,14,16). The molecule has 0 aliphatic carbocycles. The number of amides is 1. The second kappa shape index (κ2) is 7.07.